The van der Waals surface area contributed by atoms with Crippen LogP contribution in [0.3, 0.4) is 0 Å². The molecule has 0 aliphatic rings. The van der Waals surface area contributed by atoms with Crippen LogP contribution in [0.2, 0.25) is 5.02 Å². The summed E-state index contributed by atoms with van der Waals surface area (Å²) in [6.07, 6.45) is 0. The predicted octanol–water partition coefficient (Wildman–Crippen LogP) is 4.25. The van der Waals surface area contributed by atoms with Gasteiger partial charge in [-0.15, -0.1) is 0 Å². The molecule has 5 heteroatoms. The first-order valence-electron chi connectivity index (χ1n) is 5.60. The fraction of sp³-hybridized carbons (Fsp3) is 0.0714. The van der Waals surface area contributed by atoms with Gasteiger partial charge in [0.2, 0.25) is 0 Å². The Morgan fingerprint density at radius 1 is 1.32 bits per heavy atom. The van der Waals surface area contributed by atoms with Crippen molar-refractivity contribution in [1.82, 2.24) is 0 Å². The second-order valence-electron chi connectivity index (χ2n) is 4.13. The first-order chi connectivity index (χ1) is 8.99. The molecule has 0 fully saturated rings. The number of hydrogen-bond acceptors (Lipinski definition) is 2. The van der Waals surface area contributed by atoms with Crippen LogP contribution in [0.1, 0.15) is 15.9 Å². The van der Waals surface area contributed by atoms with Gasteiger partial charge >= 0.3 is 0 Å². The van der Waals surface area contributed by atoms with Gasteiger partial charge in [-0.2, -0.15) is 0 Å². The molecule has 1 amide bonds. The van der Waals surface area contributed by atoms with Crippen molar-refractivity contribution in [2.75, 3.05) is 11.1 Å². The monoisotopic (exact) mass is 338 g/mol. The Kier molecular flexibility index (Phi) is 4.12. The number of aryl methyl sites for hydroxylation is 1. The number of benzene rings is 2. The maximum absolute atomic E-state index is 12.2. The maximum atomic E-state index is 12.2. The third-order valence-electron chi connectivity index (χ3n) is 2.68. The molecule has 3 N–H and O–H groups in total. The molecule has 0 heterocycles. The highest BCUT2D eigenvalue weighted by Crippen LogP contribution is 2.27. The molecule has 0 aliphatic carbocycles. The number of nitrogen functional groups attached to an aromatic ring is 1. The molecule has 19 heavy (non-hydrogen) atoms. The van der Waals surface area contributed by atoms with E-state index >= 15 is 0 Å². The van der Waals surface area contributed by atoms with E-state index in [9.17, 15) is 4.79 Å². The van der Waals surface area contributed by atoms with Gasteiger partial charge in [-0.05, 0) is 52.7 Å². The van der Waals surface area contributed by atoms with E-state index in [-0.39, 0.29) is 5.91 Å². The van der Waals surface area contributed by atoms with E-state index in [0.29, 0.717) is 22.0 Å². The fourth-order valence-corrected chi connectivity index (χ4v) is 2.29. The zero-order chi connectivity index (χ0) is 14.0. The number of nitrogens with one attached hydrogen (secondary N) is 1. The summed E-state index contributed by atoms with van der Waals surface area (Å²) in [5, 5.41) is 3.15. The maximum Gasteiger partial charge on any atom is 0.257 e. The Morgan fingerprint density at radius 2 is 2.05 bits per heavy atom. The van der Waals surface area contributed by atoms with Crippen molar-refractivity contribution in [3.63, 3.8) is 0 Å². The number of anilines is 2. The van der Waals surface area contributed by atoms with Crippen molar-refractivity contribution in [3.8, 4) is 0 Å². The summed E-state index contributed by atoms with van der Waals surface area (Å²) in [7, 11) is 0. The zero-order valence-corrected chi connectivity index (χ0v) is 12.5. The molecule has 0 saturated carbocycles. The number of carbonyl (C=O) groups excluding carboxylic acids is 1. The molecule has 0 bridgehead atoms. The van der Waals surface area contributed by atoms with Crippen molar-refractivity contribution in [3.05, 3.63) is 57.0 Å². The predicted molar refractivity (Wildman–Crippen MR) is 82.7 cm³/mol. The van der Waals surface area contributed by atoms with Gasteiger partial charge < -0.3 is 11.1 Å². The third kappa shape index (κ3) is 3.08. The summed E-state index contributed by atoms with van der Waals surface area (Å²) < 4.78 is 0.856. The molecule has 0 unspecified atom stereocenters. The summed E-state index contributed by atoms with van der Waals surface area (Å²) in [6.45, 7) is 1.95. The van der Waals surface area contributed by atoms with Gasteiger partial charge in [-0.25, -0.2) is 0 Å². The van der Waals surface area contributed by atoms with Gasteiger partial charge in [0, 0.05) is 10.2 Å². The molecule has 0 spiro atoms. The van der Waals surface area contributed by atoms with E-state index in [1.807, 2.05) is 25.1 Å². The Hall–Kier alpha value is -1.52. The molecular formula is C14H12BrClN2O. The minimum atomic E-state index is -0.267. The fourth-order valence-electron chi connectivity index (χ4n) is 1.65. The topological polar surface area (TPSA) is 55.1 Å². The molecule has 2 aromatic rings. The lowest BCUT2D eigenvalue weighted by Gasteiger charge is -2.10. The largest absolute Gasteiger partial charge is 0.399 e. The van der Waals surface area contributed by atoms with Crippen LogP contribution in [0.15, 0.2) is 40.9 Å². The van der Waals surface area contributed by atoms with Crippen molar-refractivity contribution in [2.45, 2.75) is 6.92 Å². The lowest BCUT2D eigenvalue weighted by Crippen LogP contribution is -2.13. The smallest absolute Gasteiger partial charge is 0.257 e. The summed E-state index contributed by atoms with van der Waals surface area (Å²) in [4.78, 5) is 12.2. The van der Waals surface area contributed by atoms with Crippen molar-refractivity contribution < 1.29 is 4.79 Å². The molecule has 3 nitrogen and oxygen atoms in total. The minimum Gasteiger partial charge on any atom is -0.399 e. The quantitative estimate of drug-likeness (QED) is 0.804. The van der Waals surface area contributed by atoms with E-state index in [1.54, 1.807) is 18.2 Å². The highest BCUT2D eigenvalue weighted by molar-refractivity contribution is 9.10. The second kappa shape index (κ2) is 5.63. The van der Waals surface area contributed by atoms with Crippen LogP contribution in [0.4, 0.5) is 11.4 Å². The Bertz CT molecular complexity index is 643. The van der Waals surface area contributed by atoms with Crippen LogP contribution in [0.5, 0.6) is 0 Å². The molecule has 0 atom stereocenters. The van der Waals surface area contributed by atoms with Crippen LogP contribution in [-0.2, 0) is 0 Å². The molecule has 0 aliphatic heterocycles. The molecule has 98 valence electrons. The van der Waals surface area contributed by atoms with Gasteiger partial charge in [0.1, 0.15) is 0 Å². The normalized spacial score (nSPS) is 10.3. The number of amides is 1. The Labute approximate surface area is 124 Å². The zero-order valence-electron chi connectivity index (χ0n) is 10.2. The second-order valence-corrected chi connectivity index (χ2v) is 5.33. The van der Waals surface area contributed by atoms with E-state index in [4.69, 9.17) is 17.3 Å². The highest BCUT2D eigenvalue weighted by atomic mass is 79.9. The van der Waals surface area contributed by atoms with E-state index in [0.717, 1.165) is 10.0 Å². The summed E-state index contributed by atoms with van der Waals surface area (Å²) in [6, 6.07) is 10.5. The third-order valence-corrected chi connectivity index (χ3v) is 4.04. The summed E-state index contributed by atoms with van der Waals surface area (Å²) >= 11 is 9.45. The SMILES string of the molecule is Cc1cccc(NC(=O)c2ccc(N)cc2Cl)c1Br. The number of nitrogens with two attached hydrogens (primary N) is 1. The standard InChI is InChI=1S/C14H12BrClN2O/c1-8-3-2-4-12(13(8)15)18-14(19)10-6-5-9(17)7-11(10)16/h2-7H,17H2,1H3,(H,18,19). The van der Waals surface area contributed by atoms with E-state index in [2.05, 4.69) is 21.2 Å². The summed E-state index contributed by atoms with van der Waals surface area (Å²) in [5.41, 5.74) is 8.27. The lowest BCUT2D eigenvalue weighted by molar-refractivity contribution is 0.102. The minimum absolute atomic E-state index is 0.267. The van der Waals surface area contributed by atoms with Gasteiger partial charge in [0.15, 0.2) is 0 Å². The molecule has 2 aromatic carbocycles. The van der Waals surface area contributed by atoms with Crippen molar-refractivity contribution in [2.24, 2.45) is 0 Å². The van der Waals surface area contributed by atoms with Gasteiger partial charge in [-0.3, -0.25) is 4.79 Å². The molecule has 2 rings (SSSR count). The van der Waals surface area contributed by atoms with Crippen LogP contribution in [0.25, 0.3) is 0 Å². The Morgan fingerprint density at radius 3 is 2.74 bits per heavy atom. The average Bonchev–Trinajstić information content (AvgIpc) is 2.34. The van der Waals surface area contributed by atoms with Crippen molar-refractivity contribution in [1.29, 1.82) is 0 Å². The first kappa shape index (κ1) is 13.9. The first-order valence-corrected chi connectivity index (χ1v) is 6.77. The lowest BCUT2D eigenvalue weighted by atomic mass is 10.1. The van der Waals surface area contributed by atoms with E-state index in [1.165, 1.54) is 0 Å². The van der Waals surface area contributed by atoms with E-state index < -0.39 is 0 Å². The van der Waals surface area contributed by atoms with Gasteiger partial charge in [0.25, 0.3) is 5.91 Å². The van der Waals surface area contributed by atoms with Gasteiger partial charge in [0.05, 0.1) is 16.3 Å². The van der Waals surface area contributed by atoms with Crippen LogP contribution >= 0.6 is 27.5 Å². The van der Waals surface area contributed by atoms with Gasteiger partial charge in [-0.1, -0.05) is 23.7 Å². The molecule has 0 radical (unpaired) electrons. The molecular weight excluding hydrogens is 328 g/mol. The average molecular weight is 340 g/mol. The number of halogens is 2. The van der Waals surface area contributed by atoms with Crippen LogP contribution in [-0.4, -0.2) is 5.91 Å². The number of hydrogen-bond donors (Lipinski definition) is 2. The van der Waals surface area contributed by atoms with Crippen LogP contribution in [0, 0.1) is 6.92 Å². The number of carbonyl (C=O) groups is 1. The van der Waals surface area contributed by atoms with Crippen LogP contribution < -0.4 is 11.1 Å². The Balaban J connectivity index is 2.28. The molecule has 0 saturated heterocycles. The molecule has 0 aromatic heterocycles. The highest BCUT2D eigenvalue weighted by Gasteiger charge is 2.12. The van der Waals surface area contributed by atoms with Crippen molar-refractivity contribution >= 4 is 44.8 Å². The number of rotatable bonds is 2. The summed E-state index contributed by atoms with van der Waals surface area (Å²) in [5.74, 6) is -0.267.